The molecule has 0 spiro atoms. The summed E-state index contributed by atoms with van der Waals surface area (Å²) in [6.45, 7) is 3.12. The summed E-state index contributed by atoms with van der Waals surface area (Å²) in [7, 11) is -2.49. The Hall–Kier alpha value is -1.51. The largest absolute Gasteiger partial charge is 0.315 e. The van der Waals surface area contributed by atoms with E-state index in [1.807, 2.05) is 0 Å². The fraction of sp³-hybridized carbons (Fsp3) is 0.308. The zero-order chi connectivity index (χ0) is 15.8. The first-order valence-electron chi connectivity index (χ1n) is 6.17. The van der Waals surface area contributed by atoms with Gasteiger partial charge in [-0.2, -0.15) is 4.31 Å². The molecule has 1 aromatic carbocycles. The molecule has 1 N–H and O–H groups in total. The third-order valence-corrected chi connectivity index (χ3v) is 6.81. The Labute approximate surface area is 126 Å². The fourth-order valence-electron chi connectivity index (χ4n) is 1.99. The lowest BCUT2D eigenvalue weighted by Gasteiger charge is -2.24. The zero-order valence-corrected chi connectivity index (χ0v) is 13.4. The number of benzene rings is 1. The molecule has 1 unspecified atom stereocenters. The molecule has 2 rings (SSSR count). The van der Waals surface area contributed by atoms with Crippen LogP contribution in [-0.4, -0.2) is 24.8 Å². The first-order valence-corrected chi connectivity index (χ1v) is 8.43. The molecule has 5 nitrogen and oxygen atoms in total. The van der Waals surface area contributed by atoms with Crippen LogP contribution in [0.1, 0.15) is 24.2 Å². The molecular formula is C13H15FN2O3S2. The highest BCUT2D eigenvalue weighted by Crippen LogP contribution is 2.29. The Bertz CT molecular complexity index is 811. The molecule has 0 saturated heterocycles. The van der Waals surface area contributed by atoms with Gasteiger partial charge in [0.05, 0.1) is 0 Å². The van der Waals surface area contributed by atoms with Crippen LogP contribution < -0.4 is 4.87 Å². The van der Waals surface area contributed by atoms with Crippen molar-refractivity contribution in [3.05, 3.63) is 51.0 Å². The molecule has 0 saturated carbocycles. The van der Waals surface area contributed by atoms with Gasteiger partial charge in [0.15, 0.2) is 4.21 Å². The molecule has 21 heavy (non-hydrogen) atoms. The number of halogens is 1. The second kappa shape index (κ2) is 5.70. The van der Waals surface area contributed by atoms with Crippen LogP contribution in [0.15, 0.2) is 33.3 Å². The predicted octanol–water partition coefficient (Wildman–Crippen LogP) is 2.27. The Balaban J connectivity index is 2.44. The molecule has 0 amide bonds. The maximum atomic E-state index is 13.8. The summed E-state index contributed by atoms with van der Waals surface area (Å²) in [6.07, 6.45) is 0. The minimum absolute atomic E-state index is 0.0433. The second-order valence-corrected chi connectivity index (χ2v) is 7.82. The van der Waals surface area contributed by atoms with Crippen molar-refractivity contribution < 1.29 is 12.8 Å². The first kappa shape index (κ1) is 15.9. The van der Waals surface area contributed by atoms with Gasteiger partial charge >= 0.3 is 4.87 Å². The highest BCUT2D eigenvalue weighted by atomic mass is 32.2. The second-order valence-electron chi connectivity index (χ2n) is 4.65. The normalized spacial score (nSPS) is 13.6. The number of hydrogen-bond donors (Lipinski definition) is 1. The molecule has 0 fully saturated rings. The van der Waals surface area contributed by atoms with Crippen LogP contribution in [0.3, 0.4) is 0 Å². The molecule has 8 heteroatoms. The van der Waals surface area contributed by atoms with Crippen molar-refractivity contribution in [1.82, 2.24) is 9.29 Å². The number of nitrogens with one attached hydrogen (secondary N) is 1. The lowest BCUT2D eigenvalue weighted by molar-refractivity contribution is 0.388. The molecule has 2 aromatic rings. The third-order valence-electron chi connectivity index (χ3n) is 3.30. The summed E-state index contributed by atoms with van der Waals surface area (Å²) >= 11 is 0.632. The van der Waals surface area contributed by atoms with Crippen LogP contribution in [0.4, 0.5) is 4.39 Å². The van der Waals surface area contributed by atoms with Crippen molar-refractivity contribution >= 4 is 21.4 Å². The fourth-order valence-corrected chi connectivity index (χ4v) is 4.79. The minimum atomic E-state index is -3.86. The van der Waals surface area contributed by atoms with Gasteiger partial charge in [0.2, 0.25) is 0 Å². The van der Waals surface area contributed by atoms with Gasteiger partial charge in [-0.15, -0.1) is 0 Å². The van der Waals surface area contributed by atoms with E-state index in [1.54, 1.807) is 25.1 Å². The van der Waals surface area contributed by atoms with E-state index in [4.69, 9.17) is 0 Å². The van der Waals surface area contributed by atoms with Gasteiger partial charge in [-0.3, -0.25) is 4.79 Å². The average molecular weight is 330 g/mol. The maximum Gasteiger partial charge on any atom is 0.305 e. The maximum absolute atomic E-state index is 13.8. The molecule has 1 atom stereocenters. The number of nitrogens with zero attached hydrogens (tertiary/aromatic N) is 1. The number of aryl methyl sites for hydroxylation is 1. The minimum Gasteiger partial charge on any atom is -0.315 e. The van der Waals surface area contributed by atoms with Crippen molar-refractivity contribution in [2.45, 2.75) is 24.1 Å². The summed E-state index contributed by atoms with van der Waals surface area (Å²) in [5.41, 5.74) is 0.571. The van der Waals surface area contributed by atoms with Gasteiger partial charge in [0, 0.05) is 24.3 Å². The number of rotatable bonds is 4. The number of sulfonamides is 1. The van der Waals surface area contributed by atoms with E-state index in [2.05, 4.69) is 4.98 Å². The molecule has 114 valence electrons. The van der Waals surface area contributed by atoms with E-state index in [1.165, 1.54) is 20.0 Å². The topological polar surface area (TPSA) is 70.2 Å². The van der Waals surface area contributed by atoms with Gasteiger partial charge in [-0.1, -0.05) is 29.5 Å². The first-order chi connectivity index (χ1) is 9.75. The highest BCUT2D eigenvalue weighted by Gasteiger charge is 2.30. The van der Waals surface area contributed by atoms with Crippen LogP contribution in [0.2, 0.25) is 0 Å². The van der Waals surface area contributed by atoms with Crippen LogP contribution >= 0.6 is 11.3 Å². The number of H-pyrrole nitrogens is 1. The Kier molecular flexibility index (Phi) is 4.31. The summed E-state index contributed by atoms with van der Waals surface area (Å²) < 4.78 is 39.9. The molecule has 0 aliphatic heterocycles. The number of aromatic amines is 1. The molecular weight excluding hydrogens is 315 g/mol. The predicted molar refractivity (Wildman–Crippen MR) is 79.4 cm³/mol. The van der Waals surface area contributed by atoms with Gasteiger partial charge in [0.1, 0.15) is 5.82 Å². The van der Waals surface area contributed by atoms with Gasteiger partial charge in [0.25, 0.3) is 10.0 Å². The Morgan fingerprint density at radius 1 is 1.33 bits per heavy atom. The van der Waals surface area contributed by atoms with Crippen molar-refractivity contribution in [2.75, 3.05) is 7.05 Å². The smallest absolute Gasteiger partial charge is 0.305 e. The van der Waals surface area contributed by atoms with E-state index < -0.39 is 26.8 Å². The standard InChI is InChI=1S/C13H15FN2O3S2/c1-8-12(20-13(17)15-8)21(18,19)16(3)9(2)10-6-4-5-7-11(10)14/h4-7,9H,1-3H3,(H,15,17). The summed E-state index contributed by atoms with van der Waals surface area (Å²) in [4.78, 5) is 13.3. The molecule has 0 aliphatic carbocycles. The molecule has 0 aliphatic rings. The summed E-state index contributed by atoms with van der Waals surface area (Å²) in [5, 5.41) is 0. The highest BCUT2D eigenvalue weighted by molar-refractivity contribution is 7.91. The van der Waals surface area contributed by atoms with E-state index in [9.17, 15) is 17.6 Å². The van der Waals surface area contributed by atoms with E-state index in [0.717, 1.165) is 4.31 Å². The van der Waals surface area contributed by atoms with Gasteiger partial charge < -0.3 is 4.98 Å². The average Bonchev–Trinajstić information content (AvgIpc) is 2.77. The van der Waals surface area contributed by atoms with Crippen molar-refractivity contribution in [3.63, 3.8) is 0 Å². The quantitative estimate of drug-likeness (QED) is 0.935. The molecule has 0 radical (unpaired) electrons. The van der Waals surface area contributed by atoms with Crippen LogP contribution in [0, 0.1) is 12.7 Å². The van der Waals surface area contributed by atoms with Crippen molar-refractivity contribution in [3.8, 4) is 0 Å². The van der Waals surface area contributed by atoms with Crippen LogP contribution in [-0.2, 0) is 10.0 Å². The lowest BCUT2D eigenvalue weighted by Crippen LogP contribution is -2.30. The monoisotopic (exact) mass is 330 g/mol. The van der Waals surface area contributed by atoms with Crippen molar-refractivity contribution in [2.24, 2.45) is 0 Å². The van der Waals surface area contributed by atoms with Gasteiger partial charge in [-0.25, -0.2) is 12.8 Å². The van der Waals surface area contributed by atoms with E-state index >= 15 is 0 Å². The number of thiazole rings is 1. The molecule has 1 heterocycles. The van der Waals surface area contributed by atoms with Crippen LogP contribution in [0.25, 0.3) is 0 Å². The van der Waals surface area contributed by atoms with Crippen LogP contribution in [0.5, 0.6) is 0 Å². The van der Waals surface area contributed by atoms with E-state index in [-0.39, 0.29) is 15.5 Å². The Morgan fingerprint density at radius 3 is 2.48 bits per heavy atom. The number of aromatic nitrogens is 1. The van der Waals surface area contributed by atoms with E-state index in [0.29, 0.717) is 11.3 Å². The summed E-state index contributed by atoms with van der Waals surface area (Å²) in [5.74, 6) is -0.467. The Morgan fingerprint density at radius 2 is 1.95 bits per heavy atom. The SMILES string of the molecule is Cc1[nH]c(=O)sc1S(=O)(=O)N(C)C(C)c1ccccc1F. The molecule has 0 bridgehead atoms. The van der Waals surface area contributed by atoms with Gasteiger partial charge in [-0.05, 0) is 19.9 Å². The zero-order valence-electron chi connectivity index (χ0n) is 11.8. The third kappa shape index (κ3) is 2.92. The number of hydrogen-bond acceptors (Lipinski definition) is 4. The summed E-state index contributed by atoms with van der Waals surface area (Å²) in [6, 6.07) is 5.33. The molecule has 1 aromatic heterocycles. The lowest BCUT2D eigenvalue weighted by atomic mass is 10.1. The van der Waals surface area contributed by atoms with Crippen molar-refractivity contribution in [1.29, 1.82) is 0 Å².